The monoisotopic (exact) mass is 501 g/mol. The summed E-state index contributed by atoms with van der Waals surface area (Å²) in [7, 11) is 0. The fourth-order valence-corrected chi connectivity index (χ4v) is 7.08. The van der Waals surface area contributed by atoms with Crippen LogP contribution in [0.2, 0.25) is 0 Å². The number of anilines is 2. The third kappa shape index (κ3) is 3.59. The number of halogens is 2. The fourth-order valence-electron chi connectivity index (χ4n) is 7.08. The normalized spacial score (nSPS) is 21.6. The lowest BCUT2D eigenvalue weighted by Crippen LogP contribution is -2.30. The number of rotatable bonds is 7. The summed E-state index contributed by atoms with van der Waals surface area (Å²) in [4.78, 5) is 20.6. The summed E-state index contributed by atoms with van der Waals surface area (Å²) in [6.07, 6.45) is 9.55. The number of fused-ring (bicyclic) bond motifs is 2. The number of amides is 1. The van der Waals surface area contributed by atoms with E-state index in [4.69, 9.17) is 0 Å². The summed E-state index contributed by atoms with van der Waals surface area (Å²) < 4.78 is 29.7. The second-order valence-electron chi connectivity index (χ2n) is 10.9. The van der Waals surface area contributed by atoms with Crippen molar-refractivity contribution in [1.82, 2.24) is 4.98 Å². The lowest BCUT2D eigenvalue weighted by molar-refractivity contribution is 0.00305. The minimum Gasteiger partial charge on any atom is -0.366 e. The van der Waals surface area contributed by atoms with Gasteiger partial charge < -0.3 is 10.2 Å². The molecule has 2 saturated heterocycles. The number of carbonyl (C=O) groups is 1. The van der Waals surface area contributed by atoms with E-state index in [9.17, 15) is 13.6 Å². The third-order valence-corrected chi connectivity index (χ3v) is 9.23. The van der Waals surface area contributed by atoms with Crippen molar-refractivity contribution in [3.63, 3.8) is 0 Å². The van der Waals surface area contributed by atoms with E-state index in [-0.39, 0.29) is 16.5 Å². The van der Waals surface area contributed by atoms with Crippen LogP contribution in [0, 0.1) is 0 Å². The summed E-state index contributed by atoms with van der Waals surface area (Å²) >= 11 is 0. The molecular weight excluding hydrogens is 468 g/mol. The van der Waals surface area contributed by atoms with Gasteiger partial charge in [-0.3, -0.25) is 9.78 Å². The highest BCUT2D eigenvalue weighted by atomic mass is 19.3. The number of nitrogens with one attached hydrogen (secondary N) is 1. The first-order chi connectivity index (χ1) is 17.8. The molecule has 0 spiro atoms. The third-order valence-electron chi connectivity index (χ3n) is 9.23. The number of pyridine rings is 1. The fraction of sp³-hybridized carbons (Fsp3) is 0.419. The predicted molar refractivity (Wildman–Crippen MR) is 145 cm³/mol. The molecule has 3 aromatic rings. The largest absolute Gasteiger partial charge is 0.366 e. The molecule has 0 atom stereocenters. The average molecular weight is 502 g/mol. The van der Waals surface area contributed by atoms with Crippen LogP contribution in [-0.4, -0.2) is 23.0 Å². The number of carbonyl (C=O) groups excluding carboxylic acids is 1. The molecule has 2 bridgehead atoms. The van der Waals surface area contributed by atoms with Crippen LogP contribution in [0.1, 0.15) is 79.4 Å². The molecule has 2 aliphatic heterocycles. The smallest absolute Gasteiger partial charge is 0.277 e. The molecule has 1 aliphatic carbocycles. The molecule has 4 nitrogen and oxygen atoms in total. The molecule has 0 saturated carbocycles. The first-order valence-corrected chi connectivity index (χ1v) is 13.5. The summed E-state index contributed by atoms with van der Waals surface area (Å²) in [6, 6.07) is 12.2. The van der Waals surface area contributed by atoms with Gasteiger partial charge in [0.05, 0.1) is 11.1 Å². The van der Waals surface area contributed by atoms with Gasteiger partial charge in [-0.2, -0.15) is 0 Å². The van der Waals surface area contributed by atoms with E-state index in [0.29, 0.717) is 34.2 Å². The van der Waals surface area contributed by atoms with Crippen molar-refractivity contribution in [2.45, 2.75) is 82.2 Å². The molecule has 3 heterocycles. The Hall–Kier alpha value is -3.28. The zero-order valence-electron chi connectivity index (χ0n) is 21.5. The Morgan fingerprint density at radius 1 is 1.16 bits per heavy atom. The molecule has 1 amide bonds. The van der Waals surface area contributed by atoms with Crippen molar-refractivity contribution in [2.24, 2.45) is 0 Å². The molecule has 2 aromatic carbocycles. The highest BCUT2D eigenvalue weighted by molar-refractivity contribution is 6.09. The molecule has 37 heavy (non-hydrogen) atoms. The number of aromatic nitrogens is 1. The van der Waals surface area contributed by atoms with Crippen LogP contribution < -0.4 is 10.2 Å². The number of benzene rings is 2. The van der Waals surface area contributed by atoms with Crippen LogP contribution in [-0.2, 0) is 17.8 Å². The highest BCUT2D eigenvalue weighted by Crippen LogP contribution is 2.47. The number of hydrogen-bond acceptors (Lipinski definition) is 3. The molecule has 3 aliphatic rings. The molecule has 0 radical (unpaired) electrons. The lowest BCUT2D eigenvalue weighted by Gasteiger charge is -2.33. The van der Waals surface area contributed by atoms with E-state index in [1.54, 1.807) is 12.1 Å². The van der Waals surface area contributed by atoms with Gasteiger partial charge >= 0.3 is 0 Å². The number of hydrogen-bond donors (Lipinski definition) is 1. The molecule has 192 valence electrons. The van der Waals surface area contributed by atoms with E-state index < -0.39 is 18.3 Å². The molecule has 1 aromatic heterocycles. The van der Waals surface area contributed by atoms with Gasteiger partial charge in [0.15, 0.2) is 0 Å². The van der Waals surface area contributed by atoms with Gasteiger partial charge in [0.2, 0.25) is 0 Å². The Morgan fingerprint density at radius 2 is 1.86 bits per heavy atom. The van der Waals surface area contributed by atoms with Gasteiger partial charge in [0, 0.05) is 52.4 Å². The van der Waals surface area contributed by atoms with Crippen molar-refractivity contribution < 1.29 is 13.6 Å². The summed E-state index contributed by atoms with van der Waals surface area (Å²) in [5, 5.41) is 3.50. The number of alkyl halides is 2. The zero-order valence-corrected chi connectivity index (χ0v) is 21.5. The Kier molecular flexibility index (Phi) is 5.62. The van der Waals surface area contributed by atoms with Gasteiger partial charge in [-0.25, -0.2) is 8.78 Å². The molecule has 2 fully saturated rings. The van der Waals surface area contributed by atoms with E-state index in [1.807, 2.05) is 12.1 Å². The van der Waals surface area contributed by atoms with Crippen LogP contribution in [0.25, 0.3) is 10.9 Å². The van der Waals surface area contributed by atoms with Gasteiger partial charge in [-0.15, -0.1) is 6.58 Å². The van der Waals surface area contributed by atoms with Gasteiger partial charge in [0.25, 0.3) is 11.8 Å². The van der Waals surface area contributed by atoms with E-state index in [1.165, 1.54) is 43.6 Å². The Morgan fingerprint density at radius 3 is 2.51 bits per heavy atom. The van der Waals surface area contributed by atoms with Crippen LogP contribution in [0.5, 0.6) is 0 Å². The SMILES string of the molecule is C=CC(CC)(CC)c1cc(N2C3CCC2CC3)ccc1NC(=O)c1cnc2cccc3c2c1CC3(F)F. The number of allylic oxidation sites excluding steroid dienone is 1. The maximum absolute atomic E-state index is 14.8. The molecule has 6 rings (SSSR count). The summed E-state index contributed by atoms with van der Waals surface area (Å²) in [5.74, 6) is -3.41. The van der Waals surface area contributed by atoms with Crippen LogP contribution >= 0.6 is 0 Å². The first kappa shape index (κ1) is 24.1. The Labute approximate surface area is 216 Å². The van der Waals surface area contributed by atoms with Crippen LogP contribution in [0.4, 0.5) is 20.2 Å². The van der Waals surface area contributed by atoms with Crippen molar-refractivity contribution in [3.05, 3.63) is 77.5 Å². The molecular formula is C31H33F2N3O. The van der Waals surface area contributed by atoms with E-state index >= 15 is 0 Å². The summed E-state index contributed by atoms with van der Waals surface area (Å²) in [6.45, 7) is 8.44. The van der Waals surface area contributed by atoms with E-state index in [2.05, 4.69) is 47.8 Å². The van der Waals surface area contributed by atoms with Crippen LogP contribution in [0.15, 0.2) is 55.3 Å². The van der Waals surface area contributed by atoms with Crippen molar-refractivity contribution in [3.8, 4) is 0 Å². The zero-order chi connectivity index (χ0) is 25.9. The predicted octanol–water partition coefficient (Wildman–Crippen LogP) is 7.51. The molecule has 6 heteroatoms. The summed E-state index contributed by atoms with van der Waals surface area (Å²) in [5.41, 5.74) is 3.65. The average Bonchev–Trinajstić information content (AvgIpc) is 3.58. The lowest BCUT2D eigenvalue weighted by atomic mass is 9.75. The topological polar surface area (TPSA) is 45.2 Å². The van der Waals surface area contributed by atoms with Gasteiger partial charge in [0.1, 0.15) is 0 Å². The highest BCUT2D eigenvalue weighted by Gasteiger charge is 2.43. The minimum absolute atomic E-state index is 0.0462. The quantitative estimate of drug-likeness (QED) is 0.341. The minimum atomic E-state index is -3.01. The van der Waals surface area contributed by atoms with Crippen LogP contribution in [0.3, 0.4) is 0 Å². The molecule has 0 unspecified atom stereocenters. The van der Waals surface area contributed by atoms with E-state index in [0.717, 1.165) is 18.4 Å². The first-order valence-electron chi connectivity index (χ1n) is 13.5. The standard InChI is InChI=1S/C31H33F2N3O/c1-4-30(5-2,6-3)25-16-21(36-19-10-11-20(36)13-12-19)14-15-26(25)35-29(37)23-18-34-27-9-7-8-24-28(27)22(23)17-31(24,32)33/h4,7-9,14-16,18-20H,1,5-6,10-13,17H2,2-3H3,(H,35,37). The van der Waals surface area contributed by atoms with Crippen molar-refractivity contribution in [2.75, 3.05) is 10.2 Å². The van der Waals surface area contributed by atoms with Crippen molar-refractivity contribution >= 4 is 28.2 Å². The van der Waals surface area contributed by atoms with Gasteiger partial charge in [-0.05, 0) is 73.9 Å². The Balaban J connectivity index is 1.41. The second-order valence-corrected chi connectivity index (χ2v) is 10.9. The van der Waals surface area contributed by atoms with Crippen molar-refractivity contribution in [1.29, 1.82) is 0 Å². The Bertz CT molecular complexity index is 1390. The van der Waals surface area contributed by atoms with Gasteiger partial charge in [-0.1, -0.05) is 32.1 Å². The molecule has 1 N–H and O–H groups in total. The maximum atomic E-state index is 14.8. The second kappa shape index (κ2) is 8.64. The maximum Gasteiger partial charge on any atom is 0.277 e. The number of nitrogens with zero attached hydrogens (tertiary/aromatic N) is 2.